The first kappa shape index (κ1) is 14.5. The molecule has 19 heavy (non-hydrogen) atoms. The van der Waals surface area contributed by atoms with Gasteiger partial charge in [0, 0.05) is 35.4 Å². The zero-order chi connectivity index (χ0) is 14.0. The molecule has 1 aliphatic carbocycles. The summed E-state index contributed by atoms with van der Waals surface area (Å²) >= 11 is 6.02. The maximum atomic E-state index is 12.3. The van der Waals surface area contributed by atoms with Crippen LogP contribution in [0.5, 0.6) is 0 Å². The summed E-state index contributed by atoms with van der Waals surface area (Å²) in [6.07, 6.45) is 5.44. The van der Waals surface area contributed by atoms with Crippen LogP contribution in [0.25, 0.3) is 0 Å². The second-order valence-corrected chi connectivity index (χ2v) is 6.97. The summed E-state index contributed by atoms with van der Waals surface area (Å²) in [5.41, 5.74) is 0.156. The number of rotatable bonds is 6. The molecule has 0 amide bonds. The van der Waals surface area contributed by atoms with Gasteiger partial charge in [-0.15, -0.1) is 0 Å². The van der Waals surface area contributed by atoms with Gasteiger partial charge in [0.05, 0.1) is 11.2 Å². The fraction of sp³-hybridized carbons (Fsp3) is 0.667. The van der Waals surface area contributed by atoms with E-state index in [9.17, 15) is 9.00 Å². The Kier molecular flexibility index (Phi) is 4.62. The number of hydrogen-bond acceptors (Lipinski definition) is 4. The highest BCUT2D eigenvalue weighted by Gasteiger charge is 2.23. The highest BCUT2D eigenvalue weighted by Crippen LogP contribution is 2.30. The van der Waals surface area contributed by atoms with Crippen LogP contribution < -0.4 is 10.9 Å². The van der Waals surface area contributed by atoms with Crippen molar-refractivity contribution in [1.29, 1.82) is 0 Å². The molecule has 106 valence electrons. The lowest BCUT2D eigenvalue weighted by Crippen LogP contribution is -2.31. The molecule has 0 aliphatic heterocycles. The summed E-state index contributed by atoms with van der Waals surface area (Å²) in [6.45, 7) is 2.53. The molecule has 1 aromatic heterocycles. The van der Waals surface area contributed by atoms with E-state index in [0.717, 1.165) is 12.8 Å². The fourth-order valence-corrected chi connectivity index (χ4v) is 2.88. The SMILES string of the molecule is CC(CS(C)=O)Nc1c(Cl)cnn(CC2CC2)c1=O. The van der Waals surface area contributed by atoms with E-state index < -0.39 is 10.8 Å². The van der Waals surface area contributed by atoms with Crippen LogP contribution in [0, 0.1) is 5.92 Å². The molecule has 0 radical (unpaired) electrons. The summed E-state index contributed by atoms with van der Waals surface area (Å²) in [7, 11) is -0.917. The van der Waals surface area contributed by atoms with Crippen molar-refractivity contribution in [2.75, 3.05) is 17.3 Å². The van der Waals surface area contributed by atoms with Crippen molar-refractivity contribution in [3.8, 4) is 0 Å². The molecule has 7 heteroatoms. The van der Waals surface area contributed by atoms with Crippen molar-refractivity contribution in [3.63, 3.8) is 0 Å². The first-order chi connectivity index (χ1) is 8.97. The first-order valence-electron chi connectivity index (χ1n) is 6.29. The predicted octanol–water partition coefficient (Wildman–Crippen LogP) is 1.49. The minimum atomic E-state index is -0.917. The Morgan fingerprint density at radius 2 is 2.32 bits per heavy atom. The van der Waals surface area contributed by atoms with Gasteiger partial charge in [0.25, 0.3) is 5.56 Å². The molecule has 0 bridgehead atoms. The molecular formula is C12H18ClN3O2S. The fourth-order valence-electron chi connectivity index (χ4n) is 1.91. The Hall–Kier alpha value is -0.880. The summed E-state index contributed by atoms with van der Waals surface area (Å²) in [4.78, 5) is 12.3. The lowest BCUT2D eigenvalue weighted by molar-refractivity contribution is 0.534. The van der Waals surface area contributed by atoms with Gasteiger partial charge in [-0.2, -0.15) is 5.10 Å². The summed E-state index contributed by atoms with van der Waals surface area (Å²) < 4.78 is 12.6. The summed E-state index contributed by atoms with van der Waals surface area (Å²) in [5, 5.41) is 7.42. The van der Waals surface area contributed by atoms with Gasteiger partial charge in [-0.3, -0.25) is 9.00 Å². The van der Waals surface area contributed by atoms with Gasteiger partial charge in [0.15, 0.2) is 0 Å². The smallest absolute Gasteiger partial charge is 0.291 e. The lowest BCUT2D eigenvalue weighted by Gasteiger charge is -2.15. The lowest BCUT2D eigenvalue weighted by atomic mass is 10.3. The van der Waals surface area contributed by atoms with Crippen molar-refractivity contribution >= 4 is 28.1 Å². The van der Waals surface area contributed by atoms with E-state index in [1.807, 2.05) is 6.92 Å². The predicted molar refractivity (Wildman–Crippen MR) is 78.2 cm³/mol. The minimum absolute atomic E-state index is 0.0761. The highest BCUT2D eigenvalue weighted by molar-refractivity contribution is 7.84. The van der Waals surface area contributed by atoms with Crippen molar-refractivity contribution in [3.05, 3.63) is 21.6 Å². The largest absolute Gasteiger partial charge is 0.376 e. The third-order valence-corrected chi connectivity index (χ3v) is 4.26. The first-order valence-corrected chi connectivity index (χ1v) is 8.40. The average molecular weight is 304 g/mol. The van der Waals surface area contributed by atoms with E-state index in [-0.39, 0.29) is 11.6 Å². The number of halogens is 1. The van der Waals surface area contributed by atoms with Crippen molar-refractivity contribution in [2.24, 2.45) is 5.92 Å². The highest BCUT2D eigenvalue weighted by atomic mass is 35.5. The van der Waals surface area contributed by atoms with Crippen LogP contribution in [0.4, 0.5) is 5.69 Å². The van der Waals surface area contributed by atoms with Crippen LogP contribution >= 0.6 is 11.6 Å². The maximum Gasteiger partial charge on any atom is 0.291 e. The Balaban J connectivity index is 2.17. The number of nitrogens with one attached hydrogen (secondary N) is 1. The molecule has 0 spiro atoms. The molecule has 5 nitrogen and oxygen atoms in total. The molecule has 0 aromatic carbocycles. The topological polar surface area (TPSA) is 64.0 Å². The Morgan fingerprint density at radius 1 is 1.63 bits per heavy atom. The van der Waals surface area contributed by atoms with Gasteiger partial charge in [-0.05, 0) is 25.7 Å². The van der Waals surface area contributed by atoms with Gasteiger partial charge >= 0.3 is 0 Å². The van der Waals surface area contributed by atoms with Crippen molar-refractivity contribution in [1.82, 2.24) is 9.78 Å². The Bertz CT molecular complexity index is 542. The minimum Gasteiger partial charge on any atom is -0.376 e. The second-order valence-electron chi connectivity index (χ2n) is 5.08. The van der Waals surface area contributed by atoms with E-state index in [0.29, 0.717) is 28.9 Å². The number of aromatic nitrogens is 2. The monoisotopic (exact) mass is 303 g/mol. The average Bonchev–Trinajstić information content (AvgIpc) is 3.11. The van der Waals surface area contributed by atoms with E-state index in [1.54, 1.807) is 6.26 Å². The molecule has 1 N–H and O–H groups in total. The van der Waals surface area contributed by atoms with E-state index in [4.69, 9.17) is 11.6 Å². The van der Waals surface area contributed by atoms with Crippen LogP contribution in [0.1, 0.15) is 19.8 Å². The van der Waals surface area contributed by atoms with Crippen molar-refractivity contribution < 1.29 is 4.21 Å². The van der Waals surface area contributed by atoms with E-state index in [1.165, 1.54) is 10.9 Å². The van der Waals surface area contributed by atoms with Gasteiger partial charge in [-0.25, -0.2) is 4.68 Å². The van der Waals surface area contributed by atoms with Crippen LogP contribution in [0.15, 0.2) is 11.0 Å². The molecule has 0 saturated heterocycles. The van der Waals surface area contributed by atoms with Crippen LogP contribution in [0.2, 0.25) is 5.02 Å². The summed E-state index contributed by atoms with van der Waals surface area (Å²) in [6, 6.07) is -0.0761. The van der Waals surface area contributed by atoms with Crippen LogP contribution in [0.3, 0.4) is 0 Å². The molecule has 1 heterocycles. The standard InChI is InChI=1S/C12H18ClN3O2S/c1-8(7-19(2)18)15-11-10(13)5-14-16(12(11)17)6-9-3-4-9/h5,8-9,15H,3-4,6-7H2,1-2H3. The molecule has 2 rings (SSSR count). The third-order valence-electron chi connectivity index (χ3n) is 3.00. The maximum absolute atomic E-state index is 12.3. The molecular weight excluding hydrogens is 286 g/mol. The normalized spacial score (nSPS) is 18.1. The zero-order valence-corrected chi connectivity index (χ0v) is 12.6. The molecule has 2 unspecified atom stereocenters. The van der Waals surface area contributed by atoms with Gasteiger partial charge < -0.3 is 5.32 Å². The second kappa shape index (κ2) is 6.05. The molecule has 1 aromatic rings. The number of nitrogens with zero attached hydrogens (tertiary/aromatic N) is 2. The van der Waals surface area contributed by atoms with Crippen LogP contribution in [-0.2, 0) is 17.3 Å². The molecule has 2 atom stereocenters. The van der Waals surface area contributed by atoms with E-state index in [2.05, 4.69) is 10.4 Å². The van der Waals surface area contributed by atoms with Crippen LogP contribution in [-0.4, -0.2) is 32.0 Å². The molecule has 1 aliphatic rings. The Labute approximate surface area is 119 Å². The van der Waals surface area contributed by atoms with Crippen molar-refractivity contribution in [2.45, 2.75) is 32.4 Å². The number of anilines is 1. The number of hydrogen-bond donors (Lipinski definition) is 1. The Morgan fingerprint density at radius 3 is 2.89 bits per heavy atom. The third kappa shape index (κ3) is 4.04. The molecule has 1 saturated carbocycles. The van der Waals surface area contributed by atoms with Gasteiger partial charge in [-0.1, -0.05) is 11.6 Å². The van der Waals surface area contributed by atoms with E-state index >= 15 is 0 Å². The zero-order valence-electron chi connectivity index (χ0n) is 11.1. The summed E-state index contributed by atoms with van der Waals surface area (Å²) in [5.74, 6) is 1.04. The quantitative estimate of drug-likeness (QED) is 0.865. The van der Waals surface area contributed by atoms with Gasteiger partial charge in [0.2, 0.25) is 0 Å². The van der Waals surface area contributed by atoms with Gasteiger partial charge in [0.1, 0.15) is 5.69 Å². The molecule has 1 fully saturated rings.